The van der Waals surface area contributed by atoms with Gasteiger partial charge in [-0.2, -0.15) is 5.26 Å². The van der Waals surface area contributed by atoms with Crippen molar-refractivity contribution in [3.05, 3.63) is 50.7 Å². The molecule has 2 aromatic rings. The number of aromatic nitrogens is 1. The number of nitrogens with zero attached hydrogens (tertiary/aromatic N) is 2. The Morgan fingerprint density at radius 3 is 2.33 bits per heavy atom. The van der Waals surface area contributed by atoms with Crippen LogP contribution in [0, 0.1) is 18.3 Å². The summed E-state index contributed by atoms with van der Waals surface area (Å²) in [6.07, 6.45) is 1.15. The zero-order valence-electron chi connectivity index (χ0n) is 10.8. The third kappa shape index (κ3) is 3.61. The van der Waals surface area contributed by atoms with Gasteiger partial charge in [-0.25, -0.2) is 13.4 Å². The fourth-order valence-corrected chi connectivity index (χ4v) is 4.52. The largest absolute Gasteiger partial charge is 0.277 e. The van der Waals surface area contributed by atoms with E-state index in [0.717, 1.165) is 11.8 Å². The van der Waals surface area contributed by atoms with Gasteiger partial charge in [0.2, 0.25) is 0 Å². The van der Waals surface area contributed by atoms with Gasteiger partial charge in [0, 0.05) is 15.1 Å². The van der Waals surface area contributed by atoms with Gasteiger partial charge in [-0.05, 0) is 68.6 Å². The fourth-order valence-electron chi connectivity index (χ4n) is 1.60. The summed E-state index contributed by atoms with van der Waals surface area (Å²) in [7, 11) is -3.78. The summed E-state index contributed by atoms with van der Waals surface area (Å²) in [5, 5.41) is 8.68. The molecule has 2 rings (SSSR count). The fraction of sp³-hybridized carbons (Fsp3) is 0.0769. The minimum absolute atomic E-state index is 0.0131. The van der Waals surface area contributed by atoms with E-state index < -0.39 is 10.0 Å². The van der Waals surface area contributed by atoms with E-state index in [2.05, 4.69) is 41.6 Å². The zero-order valence-corrected chi connectivity index (χ0v) is 14.8. The molecule has 21 heavy (non-hydrogen) atoms. The van der Waals surface area contributed by atoms with Crippen LogP contribution in [0.2, 0.25) is 0 Å². The van der Waals surface area contributed by atoms with E-state index >= 15 is 0 Å². The highest BCUT2D eigenvalue weighted by molar-refractivity contribution is 9.11. The van der Waals surface area contributed by atoms with Gasteiger partial charge in [-0.1, -0.05) is 0 Å². The lowest BCUT2D eigenvalue weighted by Crippen LogP contribution is -2.14. The maximum atomic E-state index is 12.3. The average molecular weight is 431 g/mol. The molecule has 1 aromatic heterocycles. The van der Waals surface area contributed by atoms with Crippen LogP contribution in [0.15, 0.2) is 44.3 Å². The van der Waals surface area contributed by atoms with E-state index in [9.17, 15) is 8.42 Å². The summed E-state index contributed by atoms with van der Waals surface area (Å²) < 4.78 is 28.4. The summed E-state index contributed by atoms with van der Waals surface area (Å²) in [5.74, 6) is 0. The molecule has 0 bridgehead atoms. The second kappa shape index (κ2) is 6.13. The molecule has 8 heteroatoms. The molecule has 0 amide bonds. The number of anilines is 1. The molecule has 1 aromatic carbocycles. The molecular formula is C13H9Br2N3O2S. The van der Waals surface area contributed by atoms with Crippen molar-refractivity contribution < 1.29 is 8.42 Å². The Morgan fingerprint density at radius 2 is 1.86 bits per heavy atom. The van der Waals surface area contributed by atoms with Gasteiger partial charge in [0.05, 0.1) is 5.69 Å². The number of halogens is 2. The van der Waals surface area contributed by atoms with Gasteiger partial charge in [0.25, 0.3) is 10.0 Å². The van der Waals surface area contributed by atoms with Crippen LogP contribution >= 0.6 is 31.9 Å². The Labute approximate surface area is 139 Å². The van der Waals surface area contributed by atoms with Crippen LogP contribution in [0.25, 0.3) is 0 Å². The predicted molar refractivity (Wildman–Crippen MR) is 86.3 cm³/mol. The quantitative estimate of drug-likeness (QED) is 0.806. The van der Waals surface area contributed by atoms with Gasteiger partial charge in [-0.15, -0.1) is 0 Å². The van der Waals surface area contributed by atoms with Crippen LogP contribution in [0.5, 0.6) is 0 Å². The highest BCUT2D eigenvalue weighted by Gasteiger charge is 2.18. The number of aryl methyl sites for hydroxylation is 1. The molecule has 0 aliphatic heterocycles. The minimum atomic E-state index is -3.78. The van der Waals surface area contributed by atoms with Crippen LogP contribution in [0.3, 0.4) is 0 Å². The topological polar surface area (TPSA) is 82.9 Å². The van der Waals surface area contributed by atoms with E-state index in [-0.39, 0.29) is 10.6 Å². The Hall–Kier alpha value is -1.43. The third-order valence-electron chi connectivity index (χ3n) is 2.58. The van der Waals surface area contributed by atoms with Crippen molar-refractivity contribution in [2.75, 3.05) is 4.72 Å². The summed E-state index contributed by atoms with van der Waals surface area (Å²) >= 11 is 6.66. The third-order valence-corrected chi connectivity index (χ3v) is 5.17. The number of hydrogen-bond donors (Lipinski definition) is 1. The van der Waals surface area contributed by atoms with Crippen molar-refractivity contribution in [1.82, 2.24) is 4.98 Å². The standard InChI is InChI=1S/C13H9Br2N3O2S/c1-8-4-11(14)13(12(15)5-8)18-21(19,20)10-3-2-9(6-16)17-7-10/h2-5,7,18H,1H3. The summed E-state index contributed by atoms with van der Waals surface area (Å²) in [5.41, 5.74) is 1.55. The molecule has 0 fully saturated rings. The SMILES string of the molecule is Cc1cc(Br)c(NS(=O)(=O)c2ccc(C#N)nc2)c(Br)c1. The Kier molecular flexibility index (Phi) is 4.66. The van der Waals surface area contributed by atoms with Gasteiger partial charge in [-0.3, -0.25) is 4.72 Å². The molecule has 0 saturated carbocycles. The van der Waals surface area contributed by atoms with Crippen LogP contribution in [0.1, 0.15) is 11.3 Å². The minimum Gasteiger partial charge on any atom is -0.277 e. The Balaban J connectivity index is 2.40. The molecule has 0 saturated heterocycles. The maximum absolute atomic E-state index is 12.3. The lowest BCUT2D eigenvalue weighted by Gasteiger charge is -2.12. The van der Waals surface area contributed by atoms with Gasteiger partial charge in [0.1, 0.15) is 16.7 Å². The number of benzene rings is 1. The zero-order chi connectivity index (χ0) is 15.6. The van der Waals surface area contributed by atoms with Gasteiger partial charge >= 0.3 is 0 Å². The maximum Gasteiger partial charge on any atom is 0.263 e. The second-order valence-corrected chi connectivity index (χ2v) is 7.59. The number of rotatable bonds is 3. The highest BCUT2D eigenvalue weighted by atomic mass is 79.9. The molecule has 1 heterocycles. The molecule has 0 aliphatic rings. The first-order valence-electron chi connectivity index (χ1n) is 5.68. The van der Waals surface area contributed by atoms with Crippen molar-refractivity contribution in [3.63, 3.8) is 0 Å². The Morgan fingerprint density at radius 1 is 1.24 bits per heavy atom. The van der Waals surface area contributed by atoms with Crippen LogP contribution in [-0.2, 0) is 10.0 Å². The van der Waals surface area contributed by atoms with E-state index in [1.807, 2.05) is 13.0 Å². The van der Waals surface area contributed by atoms with Gasteiger partial charge < -0.3 is 0 Å². The summed E-state index contributed by atoms with van der Waals surface area (Å²) in [4.78, 5) is 3.75. The van der Waals surface area contributed by atoms with Crippen molar-refractivity contribution in [2.45, 2.75) is 11.8 Å². The molecule has 5 nitrogen and oxygen atoms in total. The van der Waals surface area contributed by atoms with E-state index in [1.165, 1.54) is 12.1 Å². The summed E-state index contributed by atoms with van der Waals surface area (Å²) in [6.45, 7) is 1.90. The van der Waals surface area contributed by atoms with E-state index in [1.54, 1.807) is 12.1 Å². The molecule has 0 spiro atoms. The number of hydrogen-bond acceptors (Lipinski definition) is 4. The number of nitriles is 1. The average Bonchev–Trinajstić information content (AvgIpc) is 2.43. The Bertz CT molecular complexity index is 804. The normalized spacial score (nSPS) is 11.0. The van der Waals surface area contributed by atoms with Crippen molar-refractivity contribution >= 4 is 47.6 Å². The lowest BCUT2D eigenvalue weighted by atomic mass is 10.2. The number of pyridine rings is 1. The number of sulfonamides is 1. The van der Waals surface area contributed by atoms with Gasteiger partial charge in [0.15, 0.2) is 0 Å². The van der Waals surface area contributed by atoms with E-state index in [0.29, 0.717) is 14.6 Å². The first kappa shape index (κ1) is 15.9. The molecular weight excluding hydrogens is 422 g/mol. The first-order chi connectivity index (χ1) is 9.83. The molecule has 0 radical (unpaired) electrons. The smallest absolute Gasteiger partial charge is 0.263 e. The molecule has 0 atom stereocenters. The molecule has 108 valence electrons. The molecule has 0 aliphatic carbocycles. The van der Waals surface area contributed by atoms with Crippen molar-refractivity contribution in [2.24, 2.45) is 0 Å². The van der Waals surface area contributed by atoms with Crippen LogP contribution in [-0.4, -0.2) is 13.4 Å². The van der Waals surface area contributed by atoms with Crippen molar-refractivity contribution in [1.29, 1.82) is 5.26 Å². The van der Waals surface area contributed by atoms with Crippen molar-refractivity contribution in [3.8, 4) is 6.07 Å². The van der Waals surface area contributed by atoms with Crippen LogP contribution < -0.4 is 4.72 Å². The molecule has 1 N–H and O–H groups in total. The second-order valence-electron chi connectivity index (χ2n) is 4.20. The molecule has 0 unspecified atom stereocenters. The first-order valence-corrected chi connectivity index (χ1v) is 8.75. The summed E-state index contributed by atoms with van der Waals surface area (Å²) in [6, 6.07) is 8.14. The van der Waals surface area contributed by atoms with E-state index in [4.69, 9.17) is 5.26 Å². The monoisotopic (exact) mass is 429 g/mol. The lowest BCUT2D eigenvalue weighted by molar-refractivity contribution is 0.600. The predicted octanol–water partition coefficient (Wildman–Crippen LogP) is 3.59. The number of nitrogens with one attached hydrogen (secondary N) is 1. The van der Waals surface area contributed by atoms with Crippen LogP contribution in [0.4, 0.5) is 5.69 Å². The highest BCUT2D eigenvalue weighted by Crippen LogP contribution is 2.33.